The maximum Gasteiger partial charge on any atom is 0.242 e. The van der Waals surface area contributed by atoms with Crippen LogP contribution in [0.4, 0.5) is 5.69 Å². The van der Waals surface area contributed by atoms with Crippen molar-refractivity contribution >= 4 is 39.1 Å². The summed E-state index contributed by atoms with van der Waals surface area (Å²) in [5.74, 6) is -0.101. The average molecular weight is 536 g/mol. The van der Waals surface area contributed by atoms with Gasteiger partial charge in [-0.15, -0.1) is 0 Å². The number of anilines is 1. The van der Waals surface area contributed by atoms with Crippen molar-refractivity contribution in [3.8, 4) is 0 Å². The van der Waals surface area contributed by atoms with E-state index in [1.54, 1.807) is 29.2 Å². The van der Waals surface area contributed by atoms with Gasteiger partial charge in [0.15, 0.2) is 0 Å². The molecule has 0 spiro atoms. The van der Waals surface area contributed by atoms with Crippen LogP contribution in [0, 0.1) is 12.8 Å². The largest absolute Gasteiger partial charge is 0.354 e. The zero-order valence-corrected chi connectivity index (χ0v) is 23.4. The molecular formula is C27H38ClN3O4S. The number of carbonyl (C=O) groups excluding carboxylic acids is 2. The van der Waals surface area contributed by atoms with E-state index >= 15 is 0 Å². The van der Waals surface area contributed by atoms with E-state index in [0.29, 0.717) is 30.1 Å². The lowest BCUT2D eigenvalue weighted by molar-refractivity contribution is -0.141. The summed E-state index contributed by atoms with van der Waals surface area (Å²) in [6.45, 7) is 8.79. The second-order valence-electron chi connectivity index (χ2n) is 9.49. The van der Waals surface area contributed by atoms with Gasteiger partial charge in [0, 0.05) is 31.1 Å². The number of hydrogen-bond acceptors (Lipinski definition) is 4. The molecule has 36 heavy (non-hydrogen) atoms. The summed E-state index contributed by atoms with van der Waals surface area (Å²) in [4.78, 5) is 28.0. The first-order valence-corrected chi connectivity index (χ1v) is 14.5. The van der Waals surface area contributed by atoms with Gasteiger partial charge in [-0.3, -0.25) is 13.9 Å². The molecule has 2 aromatic carbocycles. The van der Waals surface area contributed by atoms with Gasteiger partial charge in [0.1, 0.15) is 6.04 Å². The van der Waals surface area contributed by atoms with E-state index in [9.17, 15) is 18.0 Å². The summed E-state index contributed by atoms with van der Waals surface area (Å²) in [6, 6.07) is 13.8. The fraction of sp³-hybridized carbons (Fsp3) is 0.481. The minimum absolute atomic E-state index is 0.111. The molecule has 2 amide bonds. The number of hydrogen-bond donors (Lipinski definition) is 1. The smallest absolute Gasteiger partial charge is 0.242 e. The third-order valence-corrected chi connectivity index (χ3v) is 7.26. The highest BCUT2D eigenvalue weighted by Crippen LogP contribution is 2.20. The highest BCUT2D eigenvalue weighted by molar-refractivity contribution is 7.92. The first kappa shape index (κ1) is 29.6. The van der Waals surface area contributed by atoms with Crippen LogP contribution < -0.4 is 9.62 Å². The van der Waals surface area contributed by atoms with E-state index in [2.05, 4.69) is 5.32 Å². The normalized spacial score (nSPS) is 12.3. The molecule has 2 rings (SSSR count). The van der Waals surface area contributed by atoms with Gasteiger partial charge in [-0.2, -0.15) is 0 Å². The minimum atomic E-state index is -3.52. The van der Waals surface area contributed by atoms with E-state index < -0.39 is 16.1 Å². The molecule has 2 aromatic rings. The Morgan fingerprint density at radius 2 is 1.64 bits per heavy atom. The molecule has 0 aliphatic heterocycles. The molecule has 0 fully saturated rings. The molecule has 0 aromatic heterocycles. The number of nitrogens with one attached hydrogen (secondary N) is 1. The van der Waals surface area contributed by atoms with Crippen molar-refractivity contribution in [3.63, 3.8) is 0 Å². The zero-order chi connectivity index (χ0) is 26.9. The van der Waals surface area contributed by atoms with Crippen LogP contribution in [0.5, 0.6) is 0 Å². The van der Waals surface area contributed by atoms with Crippen molar-refractivity contribution in [2.24, 2.45) is 5.92 Å². The lowest BCUT2D eigenvalue weighted by Gasteiger charge is -2.31. The Kier molecular flexibility index (Phi) is 11.2. The summed E-state index contributed by atoms with van der Waals surface area (Å²) in [5, 5.41) is 3.54. The van der Waals surface area contributed by atoms with Crippen molar-refractivity contribution in [3.05, 3.63) is 64.7 Å². The van der Waals surface area contributed by atoms with Gasteiger partial charge in [0.2, 0.25) is 21.8 Å². The van der Waals surface area contributed by atoms with Gasteiger partial charge >= 0.3 is 0 Å². The quantitative estimate of drug-likeness (QED) is 0.400. The first-order valence-electron chi connectivity index (χ1n) is 12.3. The number of amides is 2. The molecule has 1 N–H and O–H groups in total. The predicted octanol–water partition coefficient (Wildman–Crippen LogP) is 4.77. The van der Waals surface area contributed by atoms with Crippen LogP contribution in [0.1, 0.15) is 51.2 Å². The van der Waals surface area contributed by atoms with Crippen LogP contribution >= 0.6 is 11.6 Å². The second-order valence-corrected chi connectivity index (χ2v) is 11.8. The van der Waals surface area contributed by atoms with Crippen LogP contribution in [0.15, 0.2) is 48.5 Å². The monoisotopic (exact) mass is 535 g/mol. The lowest BCUT2D eigenvalue weighted by Crippen LogP contribution is -2.49. The Bertz CT molecular complexity index is 1100. The topological polar surface area (TPSA) is 86.8 Å². The number of benzene rings is 2. The summed E-state index contributed by atoms with van der Waals surface area (Å²) < 4.78 is 26.2. The lowest BCUT2D eigenvalue weighted by atomic mass is 10.1. The van der Waals surface area contributed by atoms with E-state index in [1.807, 2.05) is 52.0 Å². The Labute approximate surface area is 220 Å². The molecule has 0 bridgehead atoms. The Balaban J connectivity index is 2.19. The van der Waals surface area contributed by atoms with Crippen molar-refractivity contribution in [2.45, 2.75) is 59.5 Å². The summed E-state index contributed by atoms with van der Waals surface area (Å²) in [5.41, 5.74) is 2.45. The van der Waals surface area contributed by atoms with Crippen LogP contribution in [-0.4, -0.2) is 50.5 Å². The molecule has 1 unspecified atom stereocenters. The molecule has 7 nitrogen and oxygen atoms in total. The van der Waals surface area contributed by atoms with Gasteiger partial charge in [-0.05, 0) is 55.5 Å². The van der Waals surface area contributed by atoms with Crippen molar-refractivity contribution in [1.29, 1.82) is 0 Å². The number of nitrogens with zero attached hydrogens (tertiary/aromatic N) is 2. The summed E-state index contributed by atoms with van der Waals surface area (Å²) in [7, 11) is -3.52. The predicted molar refractivity (Wildman–Crippen MR) is 147 cm³/mol. The number of carbonyl (C=O) groups is 2. The summed E-state index contributed by atoms with van der Waals surface area (Å²) in [6.07, 6.45) is 2.05. The number of aryl methyl sites for hydroxylation is 1. The molecule has 0 aliphatic carbocycles. The number of sulfonamides is 1. The molecular weight excluding hydrogens is 498 g/mol. The minimum Gasteiger partial charge on any atom is -0.354 e. The van der Waals surface area contributed by atoms with Crippen LogP contribution in [0.3, 0.4) is 0 Å². The van der Waals surface area contributed by atoms with Crippen molar-refractivity contribution in [1.82, 2.24) is 10.2 Å². The maximum absolute atomic E-state index is 13.4. The first-order chi connectivity index (χ1) is 16.9. The molecule has 0 saturated carbocycles. The average Bonchev–Trinajstić information content (AvgIpc) is 2.81. The van der Waals surface area contributed by atoms with Crippen LogP contribution in [-0.2, 0) is 26.2 Å². The van der Waals surface area contributed by atoms with Crippen molar-refractivity contribution in [2.75, 3.05) is 23.7 Å². The number of halogens is 1. The zero-order valence-electron chi connectivity index (χ0n) is 21.8. The highest BCUT2D eigenvalue weighted by atomic mass is 35.5. The van der Waals surface area contributed by atoms with Gasteiger partial charge in [0.25, 0.3) is 0 Å². The van der Waals surface area contributed by atoms with Crippen LogP contribution in [0.2, 0.25) is 5.02 Å². The van der Waals surface area contributed by atoms with E-state index in [-0.39, 0.29) is 37.2 Å². The highest BCUT2D eigenvalue weighted by Gasteiger charge is 2.29. The maximum atomic E-state index is 13.4. The van der Waals surface area contributed by atoms with E-state index in [1.165, 1.54) is 4.31 Å². The Morgan fingerprint density at radius 3 is 2.17 bits per heavy atom. The Hall–Kier alpha value is -2.58. The molecule has 1 atom stereocenters. The fourth-order valence-electron chi connectivity index (χ4n) is 3.84. The van der Waals surface area contributed by atoms with Gasteiger partial charge in [-0.25, -0.2) is 8.42 Å². The Morgan fingerprint density at radius 1 is 1.03 bits per heavy atom. The molecule has 198 valence electrons. The van der Waals surface area contributed by atoms with Gasteiger partial charge < -0.3 is 10.2 Å². The molecule has 0 heterocycles. The second kappa shape index (κ2) is 13.7. The standard InChI is InChI=1S/C27H38ClN3O4S/c1-6-25(27(33)29-18-20(2)3)30(19-22-11-13-23(28)14-12-22)26(32)8-7-17-31(36(5,34)35)24-15-9-21(4)10-16-24/h9-16,20,25H,6-8,17-19H2,1-5H3,(H,29,33). The molecule has 0 saturated heterocycles. The molecule has 0 radical (unpaired) electrons. The van der Waals surface area contributed by atoms with E-state index in [0.717, 1.165) is 17.4 Å². The third kappa shape index (κ3) is 9.13. The van der Waals surface area contributed by atoms with Gasteiger partial charge in [0.05, 0.1) is 11.9 Å². The van der Waals surface area contributed by atoms with Gasteiger partial charge in [-0.1, -0.05) is 62.2 Å². The molecule has 9 heteroatoms. The fourth-order valence-corrected chi connectivity index (χ4v) is 4.93. The van der Waals surface area contributed by atoms with Crippen LogP contribution in [0.25, 0.3) is 0 Å². The SMILES string of the molecule is CCC(C(=O)NCC(C)C)N(Cc1ccc(Cl)cc1)C(=O)CCCN(c1ccc(C)cc1)S(C)(=O)=O. The number of rotatable bonds is 13. The third-order valence-electron chi connectivity index (χ3n) is 5.81. The summed E-state index contributed by atoms with van der Waals surface area (Å²) >= 11 is 6.02. The molecule has 0 aliphatic rings. The van der Waals surface area contributed by atoms with Crippen molar-refractivity contribution < 1.29 is 18.0 Å². The van der Waals surface area contributed by atoms with E-state index in [4.69, 9.17) is 11.6 Å².